The third-order valence-electron chi connectivity index (χ3n) is 6.96. The Morgan fingerprint density at radius 3 is 0.820 bits per heavy atom. The van der Waals surface area contributed by atoms with E-state index in [4.69, 9.17) is 46.4 Å². The van der Waals surface area contributed by atoms with Crippen LogP contribution in [-0.2, 0) is 0 Å². The summed E-state index contributed by atoms with van der Waals surface area (Å²) in [5, 5.41) is 41.3. The van der Waals surface area contributed by atoms with Crippen molar-refractivity contribution < 1.29 is 20.4 Å². The van der Waals surface area contributed by atoms with Crippen molar-refractivity contribution in [3.05, 3.63) is 115 Å². The number of aliphatic imine (C=N–C) groups is 4. The molecule has 0 aromatic heterocycles. The number of phenolic OH excluding ortho intramolecular Hbond substituents is 4. The van der Waals surface area contributed by atoms with Crippen LogP contribution in [0.5, 0.6) is 23.0 Å². The number of aromatic hydroxyl groups is 4. The zero-order valence-corrected chi connectivity index (χ0v) is 31.2. The SMILES string of the molecule is CC(C)(CN=Cc1cc(Cl)ccc1O)CN=Cc1cc(Cl)ccc1O.CC(C)(CN=Cc1cc(Cl)ccc1O)CN=Cc1cc(Cl)ccc1O. The van der Waals surface area contributed by atoms with Crippen molar-refractivity contribution in [3.8, 4) is 23.0 Å². The highest BCUT2D eigenvalue weighted by Crippen LogP contribution is 2.24. The van der Waals surface area contributed by atoms with E-state index in [1.165, 1.54) is 24.3 Å². The predicted octanol–water partition coefficient (Wildman–Crippen LogP) is 9.94. The molecule has 0 bridgehead atoms. The van der Waals surface area contributed by atoms with E-state index < -0.39 is 0 Å². The van der Waals surface area contributed by atoms with Gasteiger partial charge >= 0.3 is 0 Å². The van der Waals surface area contributed by atoms with Crippen LogP contribution in [0.2, 0.25) is 20.1 Å². The van der Waals surface area contributed by atoms with Crippen LogP contribution >= 0.6 is 46.4 Å². The Morgan fingerprint density at radius 1 is 0.420 bits per heavy atom. The lowest BCUT2D eigenvalue weighted by Gasteiger charge is -2.19. The summed E-state index contributed by atoms with van der Waals surface area (Å²) >= 11 is 23.7. The lowest BCUT2D eigenvalue weighted by Crippen LogP contribution is -2.19. The second-order valence-corrected chi connectivity index (χ2v) is 14.8. The van der Waals surface area contributed by atoms with Crippen molar-refractivity contribution in [2.24, 2.45) is 30.8 Å². The molecule has 50 heavy (non-hydrogen) atoms. The van der Waals surface area contributed by atoms with Crippen molar-refractivity contribution in [3.63, 3.8) is 0 Å². The summed E-state index contributed by atoms with van der Waals surface area (Å²) in [6, 6.07) is 19.3. The van der Waals surface area contributed by atoms with E-state index in [2.05, 4.69) is 20.0 Å². The monoisotopic (exact) mass is 756 g/mol. The van der Waals surface area contributed by atoms with Crippen molar-refractivity contribution in [1.82, 2.24) is 0 Å². The average Bonchev–Trinajstić information content (AvgIpc) is 3.04. The number of hydrogen-bond acceptors (Lipinski definition) is 8. The van der Waals surface area contributed by atoms with Gasteiger partial charge in [-0.2, -0.15) is 0 Å². The zero-order chi connectivity index (χ0) is 36.9. The lowest BCUT2D eigenvalue weighted by atomic mass is 9.94. The molecule has 0 spiro atoms. The number of phenols is 4. The number of rotatable bonds is 12. The summed E-state index contributed by atoms with van der Waals surface area (Å²) in [5.41, 5.74) is 1.95. The smallest absolute Gasteiger partial charge is 0.124 e. The molecule has 0 fully saturated rings. The Labute approximate surface area is 313 Å². The summed E-state index contributed by atoms with van der Waals surface area (Å²) in [6.45, 7) is 10.3. The van der Waals surface area contributed by atoms with Gasteiger partial charge in [0.25, 0.3) is 0 Å². The van der Waals surface area contributed by atoms with Crippen LogP contribution in [0.1, 0.15) is 49.9 Å². The van der Waals surface area contributed by atoms with Gasteiger partial charge in [-0.25, -0.2) is 0 Å². The summed E-state index contributed by atoms with van der Waals surface area (Å²) in [7, 11) is 0. The Kier molecular flexibility index (Phi) is 15.2. The second kappa shape index (κ2) is 18.8. The number of halogens is 4. The van der Waals surface area contributed by atoms with E-state index in [-0.39, 0.29) is 33.8 Å². The molecule has 4 aromatic rings. The van der Waals surface area contributed by atoms with E-state index in [0.717, 1.165) is 0 Å². The quantitative estimate of drug-likeness (QED) is 0.107. The van der Waals surface area contributed by atoms with E-state index in [0.29, 0.717) is 68.5 Å². The number of benzene rings is 4. The van der Waals surface area contributed by atoms with Crippen LogP contribution in [0.25, 0.3) is 0 Å². The van der Waals surface area contributed by atoms with Crippen LogP contribution in [0.3, 0.4) is 0 Å². The van der Waals surface area contributed by atoms with Crippen molar-refractivity contribution in [2.45, 2.75) is 27.7 Å². The molecule has 0 aliphatic rings. The Bertz CT molecular complexity index is 1610. The van der Waals surface area contributed by atoms with Crippen molar-refractivity contribution in [1.29, 1.82) is 0 Å². The van der Waals surface area contributed by atoms with Gasteiger partial charge in [0.15, 0.2) is 0 Å². The molecule has 4 rings (SSSR count). The molecule has 12 heteroatoms. The third kappa shape index (κ3) is 14.0. The van der Waals surface area contributed by atoms with Gasteiger partial charge in [-0.05, 0) is 72.8 Å². The summed E-state index contributed by atoms with van der Waals surface area (Å²) in [5.74, 6) is 0.557. The highest BCUT2D eigenvalue weighted by molar-refractivity contribution is 6.31. The molecule has 0 amide bonds. The fraction of sp³-hybridized carbons (Fsp3) is 0.263. The van der Waals surface area contributed by atoms with Crippen molar-refractivity contribution >= 4 is 71.3 Å². The minimum Gasteiger partial charge on any atom is -0.507 e. The fourth-order valence-corrected chi connectivity index (χ4v) is 4.90. The van der Waals surface area contributed by atoms with Crippen LogP contribution < -0.4 is 0 Å². The maximum atomic E-state index is 9.77. The summed E-state index contributed by atoms with van der Waals surface area (Å²) in [6.07, 6.45) is 6.43. The van der Waals surface area contributed by atoms with Gasteiger partial charge in [0, 0.05) is 104 Å². The molecular weight excluding hydrogens is 718 g/mol. The van der Waals surface area contributed by atoms with Crippen LogP contribution in [-0.4, -0.2) is 71.5 Å². The number of hydrogen-bond donors (Lipinski definition) is 4. The number of nitrogens with zero attached hydrogens (tertiary/aromatic N) is 4. The van der Waals surface area contributed by atoms with E-state index in [9.17, 15) is 20.4 Å². The molecule has 0 radical (unpaired) electrons. The Hall–Kier alpha value is -4.08. The van der Waals surface area contributed by atoms with Crippen molar-refractivity contribution in [2.75, 3.05) is 26.2 Å². The first kappa shape index (κ1) is 40.4. The maximum absolute atomic E-state index is 9.77. The molecular formula is C38H40Cl4N4O4. The topological polar surface area (TPSA) is 130 Å². The molecule has 0 atom stereocenters. The van der Waals surface area contributed by atoms with Crippen LogP contribution in [0, 0.1) is 10.8 Å². The molecule has 4 aromatic carbocycles. The van der Waals surface area contributed by atoms with Gasteiger partial charge in [-0.15, -0.1) is 0 Å². The molecule has 0 aliphatic heterocycles. The molecule has 0 aliphatic carbocycles. The average molecular weight is 759 g/mol. The standard InChI is InChI=1S/2C19H20Cl2N2O2/c2*1-19(2,11-22-9-13-7-15(20)3-5-17(13)24)12-23-10-14-8-16(21)4-6-18(14)25/h2*3-10,24-25H,11-12H2,1-2H3. The highest BCUT2D eigenvalue weighted by Gasteiger charge is 2.17. The zero-order valence-electron chi connectivity index (χ0n) is 28.2. The van der Waals surface area contributed by atoms with Gasteiger partial charge < -0.3 is 20.4 Å². The molecule has 0 saturated heterocycles. The molecule has 0 unspecified atom stereocenters. The fourth-order valence-electron chi connectivity index (χ4n) is 4.18. The Morgan fingerprint density at radius 2 is 0.620 bits per heavy atom. The minimum absolute atomic E-state index is 0.139. The van der Waals surface area contributed by atoms with Gasteiger partial charge in [0.05, 0.1) is 0 Å². The van der Waals surface area contributed by atoms with Crippen LogP contribution in [0.4, 0.5) is 0 Å². The summed E-state index contributed by atoms with van der Waals surface area (Å²) < 4.78 is 0. The third-order valence-corrected chi connectivity index (χ3v) is 7.90. The first-order valence-electron chi connectivity index (χ1n) is 15.5. The predicted molar refractivity (Wildman–Crippen MR) is 210 cm³/mol. The normalized spacial score (nSPS) is 12.3. The lowest BCUT2D eigenvalue weighted by molar-refractivity contribution is 0.396. The molecule has 8 nitrogen and oxygen atoms in total. The second-order valence-electron chi connectivity index (χ2n) is 13.0. The summed E-state index contributed by atoms with van der Waals surface area (Å²) in [4.78, 5) is 17.5. The van der Waals surface area contributed by atoms with Gasteiger partial charge in [0.2, 0.25) is 0 Å². The maximum Gasteiger partial charge on any atom is 0.124 e. The van der Waals surface area contributed by atoms with Gasteiger partial charge in [-0.3, -0.25) is 20.0 Å². The largest absolute Gasteiger partial charge is 0.507 e. The molecule has 0 heterocycles. The highest BCUT2D eigenvalue weighted by atomic mass is 35.5. The first-order chi connectivity index (χ1) is 23.5. The van der Waals surface area contributed by atoms with E-state index in [1.54, 1.807) is 73.4 Å². The molecule has 264 valence electrons. The molecule has 0 saturated carbocycles. The Balaban J connectivity index is 0.000000270. The van der Waals surface area contributed by atoms with Gasteiger partial charge in [0.1, 0.15) is 23.0 Å². The van der Waals surface area contributed by atoms with E-state index >= 15 is 0 Å². The van der Waals surface area contributed by atoms with Crippen LogP contribution in [0.15, 0.2) is 92.8 Å². The minimum atomic E-state index is -0.185. The van der Waals surface area contributed by atoms with E-state index in [1.807, 2.05) is 27.7 Å². The van der Waals surface area contributed by atoms with Gasteiger partial charge in [-0.1, -0.05) is 74.1 Å². The molecule has 4 N–H and O–H groups in total. The first-order valence-corrected chi connectivity index (χ1v) is 17.0.